The molecule has 1 aliphatic heterocycles. The van der Waals surface area contributed by atoms with Crippen molar-refractivity contribution in [2.75, 3.05) is 18.4 Å². The monoisotopic (exact) mass is 357 g/mol. The van der Waals surface area contributed by atoms with Gasteiger partial charge in [-0.05, 0) is 43.0 Å². The minimum absolute atomic E-state index is 0.00160. The summed E-state index contributed by atoms with van der Waals surface area (Å²) in [5, 5.41) is 8.32. The molecule has 1 saturated heterocycles. The Balaban J connectivity index is 1.78. The maximum Gasteiger partial charge on any atom is 0.256 e. The number of hydrogen-bond donors (Lipinski definition) is 2. The van der Waals surface area contributed by atoms with Gasteiger partial charge in [-0.15, -0.1) is 11.3 Å². The van der Waals surface area contributed by atoms with Crippen LogP contribution in [0.1, 0.15) is 34.1 Å². The van der Waals surface area contributed by atoms with Crippen molar-refractivity contribution >= 4 is 28.8 Å². The SMILES string of the molecule is Cc1ccsc1CNc1ccccc1C(=O)N1CCC(=O)NC[C@H]1C. The molecule has 0 radical (unpaired) electrons. The molecule has 1 aliphatic rings. The highest BCUT2D eigenvalue weighted by Crippen LogP contribution is 2.22. The summed E-state index contributed by atoms with van der Waals surface area (Å²) in [5.74, 6) is -0.0308. The Hall–Kier alpha value is -2.34. The van der Waals surface area contributed by atoms with Gasteiger partial charge in [0, 0.05) is 42.7 Å². The molecule has 0 saturated carbocycles. The number of benzene rings is 1. The van der Waals surface area contributed by atoms with Gasteiger partial charge in [0.05, 0.1) is 5.56 Å². The van der Waals surface area contributed by atoms with Crippen molar-refractivity contribution < 1.29 is 9.59 Å². The lowest BCUT2D eigenvalue weighted by atomic mass is 10.1. The third-order valence-corrected chi connectivity index (χ3v) is 5.56. The van der Waals surface area contributed by atoms with Crippen molar-refractivity contribution in [3.05, 3.63) is 51.7 Å². The highest BCUT2D eigenvalue weighted by Gasteiger charge is 2.26. The van der Waals surface area contributed by atoms with E-state index >= 15 is 0 Å². The molecule has 1 fully saturated rings. The molecule has 6 heteroatoms. The molecule has 0 aliphatic carbocycles. The predicted molar refractivity (Wildman–Crippen MR) is 101 cm³/mol. The lowest BCUT2D eigenvalue weighted by molar-refractivity contribution is -0.120. The second-order valence-corrected chi connectivity index (χ2v) is 7.33. The number of nitrogens with one attached hydrogen (secondary N) is 2. The van der Waals surface area contributed by atoms with E-state index in [1.54, 1.807) is 16.2 Å². The van der Waals surface area contributed by atoms with Crippen LogP contribution in [0.25, 0.3) is 0 Å². The first-order chi connectivity index (χ1) is 12.1. The fourth-order valence-corrected chi connectivity index (χ4v) is 3.79. The lowest BCUT2D eigenvalue weighted by Gasteiger charge is -2.27. The normalized spacial score (nSPS) is 17.8. The number of nitrogens with zero attached hydrogens (tertiary/aromatic N) is 1. The van der Waals surface area contributed by atoms with E-state index in [1.165, 1.54) is 10.4 Å². The first-order valence-corrected chi connectivity index (χ1v) is 9.37. The number of carbonyl (C=O) groups excluding carboxylic acids is 2. The third-order valence-electron chi connectivity index (χ3n) is 4.53. The number of para-hydroxylation sites is 1. The van der Waals surface area contributed by atoms with Crippen LogP contribution < -0.4 is 10.6 Å². The molecule has 0 unspecified atom stereocenters. The zero-order chi connectivity index (χ0) is 17.8. The molecule has 2 amide bonds. The van der Waals surface area contributed by atoms with Gasteiger partial charge in [-0.25, -0.2) is 0 Å². The molecule has 0 bridgehead atoms. The van der Waals surface area contributed by atoms with Gasteiger partial charge < -0.3 is 15.5 Å². The van der Waals surface area contributed by atoms with E-state index in [4.69, 9.17) is 0 Å². The minimum Gasteiger partial charge on any atom is -0.379 e. The number of thiophene rings is 1. The summed E-state index contributed by atoms with van der Waals surface area (Å²) in [6.45, 7) is 5.70. The molecule has 1 aromatic carbocycles. The maximum absolute atomic E-state index is 13.1. The average molecular weight is 357 g/mol. The number of carbonyl (C=O) groups is 2. The number of aryl methyl sites for hydroxylation is 1. The number of anilines is 1. The molecule has 2 aromatic rings. The van der Waals surface area contributed by atoms with E-state index < -0.39 is 0 Å². The van der Waals surface area contributed by atoms with Crippen molar-refractivity contribution in [3.63, 3.8) is 0 Å². The Bertz CT molecular complexity index is 772. The summed E-state index contributed by atoms with van der Waals surface area (Å²) in [5.41, 5.74) is 2.74. The van der Waals surface area contributed by atoms with Crippen LogP contribution in [0.4, 0.5) is 5.69 Å². The van der Waals surface area contributed by atoms with Gasteiger partial charge in [-0.1, -0.05) is 12.1 Å². The first kappa shape index (κ1) is 17.5. The van der Waals surface area contributed by atoms with Gasteiger partial charge in [0.15, 0.2) is 0 Å². The van der Waals surface area contributed by atoms with Crippen LogP contribution in [0, 0.1) is 6.92 Å². The minimum atomic E-state index is -0.0324. The molecular formula is C19H23N3O2S. The van der Waals surface area contributed by atoms with E-state index in [0.29, 0.717) is 31.6 Å². The standard InChI is InChI=1S/C19H23N3O2S/c1-13-8-10-25-17(13)12-20-16-6-4-3-5-15(16)19(24)22-9-7-18(23)21-11-14(22)2/h3-6,8,10,14,20H,7,9,11-12H2,1-2H3,(H,21,23)/t14-/m1/s1. The highest BCUT2D eigenvalue weighted by molar-refractivity contribution is 7.10. The summed E-state index contributed by atoms with van der Waals surface area (Å²) in [6, 6.07) is 9.66. The quantitative estimate of drug-likeness (QED) is 0.884. The van der Waals surface area contributed by atoms with E-state index in [0.717, 1.165) is 5.69 Å². The van der Waals surface area contributed by atoms with Crippen LogP contribution in [0.2, 0.25) is 0 Å². The summed E-state index contributed by atoms with van der Waals surface area (Å²) < 4.78 is 0. The van der Waals surface area contributed by atoms with Gasteiger partial charge in [0.2, 0.25) is 5.91 Å². The predicted octanol–water partition coefficient (Wildman–Crippen LogP) is 3.02. The van der Waals surface area contributed by atoms with Crippen LogP contribution in [0.15, 0.2) is 35.7 Å². The largest absolute Gasteiger partial charge is 0.379 e. The molecule has 2 heterocycles. The molecule has 2 N–H and O–H groups in total. The Labute approximate surface area is 152 Å². The van der Waals surface area contributed by atoms with Crippen molar-refractivity contribution in [3.8, 4) is 0 Å². The Morgan fingerprint density at radius 1 is 1.36 bits per heavy atom. The molecular weight excluding hydrogens is 334 g/mol. The summed E-state index contributed by atoms with van der Waals surface area (Å²) >= 11 is 1.71. The van der Waals surface area contributed by atoms with Crippen LogP contribution in [-0.4, -0.2) is 35.8 Å². The average Bonchev–Trinajstić information content (AvgIpc) is 2.95. The number of amides is 2. The third kappa shape index (κ3) is 4.02. The number of hydrogen-bond acceptors (Lipinski definition) is 4. The molecule has 132 valence electrons. The molecule has 1 atom stereocenters. The van der Waals surface area contributed by atoms with Gasteiger partial charge in [-0.2, -0.15) is 0 Å². The van der Waals surface area contributed by atoms with E-state index in [1.807, 2.05) is 31.2 Å². The molecule has 25 heavy (non-hydrogen) atoms. The van der Waals surface area contributed by atoms with Crippen LogP contribution >= 0.6 is 11.3 Å². The Morgan fingerprint density at radius 2 is 2.16 bits per heavy atom. The van der Waals surface area contributed by atoms with Crippen LogP contribution in [0.3, 0.4) is 0 Å². The van der Waals surface area contributed by atoms with E-state index in [2.05, 4.69) is 29.0 Å². The fourth-order valence-electron chi connectivity index (χ4n) is 2.94. The molecule has 5 nitrogen and oxygen atoms in total. The fraction of sp³-hybridized carbons (Fsp3) is 0.368. The van der Waals surface area contributed by atoms with Gasteiger partial charge in [0.25, 0.3) is 5.91 Å². The van der Waals surface area contributed by atoms with Crippen molar-refractivity contribution in [2.24, 2.45) is 0 Å². The summed E-state index contributed by atoms with van der Waals surface area (Å²) in [4.78, 5) is 27.7. The van der Waals surface area contributed by atoms with Crippen molar-refractivity contribution in [2.45, 2.75) is 32.9 Å². The Morgan fingerprint density at radius 3 is 2.92 bits per heavy atom. The second kappa shape index (κ2) is 7.70. The number of rotatable bonds is 4. The Kier molecular flexibility index (Phi) is 5.38. The first-order valence-electron chi connectivity index (χ1n) is 8.50. The highest BCUT2D eigenvalue weighted by atomic mass is 32.1. The smallest absolute Gasteiger partial charge is 0.256 e. The summed E-state index contributed by atoms with van der Waals surface area (Å²) in [6.07, 6.45) is 0.347. The zero-order valence-corrected chi connectivity index (χ0v) is 15.4. The summed E-state index contributed by atoms with van der Waals surface area (Å²) in [7, 11) is 0. The molecule has 3 rings (SSSR count). The second-order valence-electron chi connectivity index (χ2n) is 6.33. The van der Waals surface area contributed by atoms with Crippen LogP contribution in [-0.2, 0) is 11.3 Å². The van der Waals surface area contributed by atoms with E-state index in [9.17, 15) is 9.59 Å². The molecule has 1 aromatic heterocycles. The van der Waals surface area contributed by atoms with Crippen LogP contribution in [0.5, 0.6) is 0 Å². The van der Waals surface area contributed by atoms with Gasteiger partial charge in [-0.3, -0.25) is 9.59 Å². The maximum atomic E-state index is 13.1. The van der Waals surface area contributed by atoms with E-state index in [-0.39, 0.29) is 17.9 Å². The van der Waals surface area contributed by atoms with Crippen molar-refractivity contribution in [1.82, 2.24) is 10.2 Å². The van der Waals surface area contributed by atoms with Gasteiger partial charge >= 0.3 is 0 Å². The van der Waals surface area contributed by atoms with Crippen molar-refractivity contribution in [1.29, 1.82) is 0 Å². The zero-order valence-electron chi connectivity index (χ0n) is 14.5. The van der Waals surface area contributed by atoms with Gasteiger partial charge in [0.1, 0.15) is 0 Å². The lowest BCUT2D eigenvalue weighted by Crippen LogP contribution is -2.42. The molecule has 0 spiro atoms. The topological polar surface area (TPSA) is 61.4 Å².